The fraction of sp³-hybridized carbons (Fsp3) is 0.476. The standard InChI is InChI=1S/C21H31N3O4S/c1-7-8-15(3)24-29(25,26)17-9-10-21(22-13-17)23-16(4)18-12-20(28-6)19(27-5)11-14(18)2/h9-13,15-16,24H,7-8H2,1-6H3,(H,22,23). The van der Waals surface area contributed by atoms with Gasteiger partial charge in [0.05, 0.1) is 20.3 Å². The molecule has 2 unspecified atom stereocenters. The Kier molecular flexibility index (Phi) is 7.87. The Morgan fingerprint density at radius 3 is 2.31 bits per heavy atom. The number of pyridine rings is 1. The maximum Gasteiger partial charge on any atom is 0.242 e. The van der Waals surface area contributed by atoms with E-state index in [0.29, 0.717) is 17.3 Å². The molecule has 0 aliphatic rings. The number of nitrogens with one attached hydrogen (secondary N) is 2. The molecule has 1 heterocycles. The molecule has 0 aliphatic heterocycles. The SMILES string of the molecule is CCCC(C)NS(=O)(=O)c1ccc(NC(C)c2cc(OC)c(OC)cc2C)nc1. The van der Waals surface area contributed by atoms with Crippen molar-refractivity contribution in [2.24, 2.45) is 0 Å². The monoisotopic (exact) mass is 421 g/mol. The van der Waals surface area contributed by atoms with E-state index in [0.717, 1.165) is 24.0 Å². The van der Waals surface area contributed by atoms with Gasteiger partial charge >= 0.3 is 0 Å². The van der Waals surface area contributed by atoms with Crippen molar-refractivity contribution >= 4 is 15.8 Å². The molecule has 0 radical (unpaired) electrons. The van der Waals surface area contributed by atoms with Crippen molar-refractivity contribution in [3.8, 4) is 11.5 Å². The van der Waals surface area contributed by atoms with Crippen LogP contribution in [0.3, 0.4) is 0 Å². The third kappa shape index (κ3) is 5.83. The van der Waals surface area contributed by atoms with E-state index in [-0.39, 0.29) is 17.0 Å². The highest BCUT2D eigenvalue weighted by atomic mass is 32.2. The molecule has 2 N–H and O–H groups in total. The molecule has 0 aliphatic carbocycles. The molecular formula is C21H31N3O4S. The van der Waals surface area contributed by atoms with Gasteiger partial charge in [-0.2, -0.15) is 0 Å². The first-order valence-corrected chi connectivity index (χ1v) is 11.2. The number of rotatable bonds is 10. The number of anilines is 1. The Morgan fingerprint density at radius 1 is 1.10 bits per heavy atom. The molecule has 2 aromatic rings. The van der Waals surface area contributed by atoms with Crippen LogP contribution >= 0.6 is 0 Å². The summed E-state index contributed by atoms with van der Waals surface area (Å²) in [6.07, 6.45) is 3.07. The number of methoxy groups -OCH3 is 2. The summed E-state index contributed by atoms with van der Waals surface area (Å²) < 4.78 is 38.3. The highest BCUT2D eigenvalue weighted by Crippen LogP contribution is 2.33. The molecule has 2 atom stereocenters. The van der Waals surface area contributed by atoms with Crippen LogP contribution in [-0.2, 0) is 10.0 Å². The molecular weight excluding hydrogens is 390 g/mol. The van der Waals surface area contributed by atoms with Gasteiger partial charge in [0.25, 0.3) is 0 Å². The van der Waals surface area contributed by atoms with Gasteiger partial charge in [0, 0.05) is 12.2 Å². The Bertz CT molecular complexity index is 914. The van der Waals surface area contributed by atoms with E-state index in [4.69, 9.17) is 9.47 Å². The summed E-state index contributed by atoms with van der Waals surface area (Å²) in [7, 11) is -0.364. The first kappa shape index (κ1) is 23.0. The van der Waals surface area contributed by atoms with Gasteiger partial charge in [-0.25, -0.2) is 18.1 Å². The van der Waals surface area contributed by atoms with Crippen LogP contribution < -0.4 is 19.5 Å². The topological polar surface area (TPSA) is 89.6 Å². The van der Waals surface area contributed by atoms with E-state index in [1.54, 1.807) is 26.4 Å². The molecule has 1 aromatic heterocycles. The van der Waals surface area contributed by atoms with Crippen LogP contribution in [0.4, 0.5) is 5.82 Å². The van der Waals surface area contributed by atoms with E-state index in [1.807, 2.05) is 39.8 Å². The number of aromatic nitrogens is 1. The lowest BCUT2D eigenvalue weighted by atomic mass is 10.0. The summed E-state index contributed by atoms with van der Waals surface area (Å²) >= 11 is 0. The maximum atomic E-state index is 12.5. The number of sulfonamides is 1. The molecule has 160 valence electrons. The Balaban J connectivity index is 2.15. The molecule has 0 saturated heterocycles. The summed E-state index contributed by atoms with van der Waals surface area (Å²) in [5, 5.41) is 3.30. The molecule has 7 nitrogen and oxygen atoms in total. The number of nitrogens with zero attached hydrogens (tertiary/aromatic N) is 1. The summed E-state index contributed by atoms with van der Waals surface area (Å²) in [6.45, 7) is 7.89. The summed E-state index contributed by atoms with van der Waals surface area (Å²) in [4.78, 5) is 4.44. The van der Waals surface area contributed by atoms with Crippen molar-refractivity contribution in [2.75, 3.05) is 19.5 Å². The van der Waals surface area contributed by atoms with E-state index < -0.39 is 10.0 Å². The van der Waals surface area contributed by atoms with Gasteiger partial charge in [-0.3, -0.25) is 0 Å². The number of ether oxygens (including phenoxy) is 2. The number of benzene rings is 1. The van der Waals surface area contributed by atoms with Crippen molar-refractivity contribution in [2.45, 2.75) is 57.5 Å². The van der Waals surface area contributed by atoms with Crippen LogP contribution in [0.2, 0.25) is 0 Å². The van der Waals surface area contributed by atoms with E-state index in [9.17, 15) is 8.42 Å². The molecule has 2 rings (SSSR count). The van der Waals surface area contributed by atoms with Crippen LogP contribution in [0.5, 0.6) is 11.5 Å². The second kappa shape index (κ2) is 9.93. The van der Waals surface area contributed by atoms with E-state index >= 15 is 0 Å². The lowest BCUT2D eigenvalue weighted by Crippen LogP contribution is -2.32. The molecule has 0 bridgehead atoms. The summed E-state index contributed by atoms with van der Waals surface area (Å²) in [5.74, 6) is 1.93. The molecule has 0 amide bonds. The normalized spacial score (nSPS) is 13.6. The molecule has 1 aromatic carbocycles. The predicted molar refractivity (Wildman–Crippen MR) is 115 cm³/mol. The number of hydrogen-bond donors (Lipinski definition) is 2. The lowest BCUT2D eigenvalue weighted by Gasteiger charge is -2.20. The third-order valence-corrected chi connectivity index (χ3v) is 6.30. The van der Waals surface area contributed by atoms with Crippen molar-refractivity contribution in [3.63, 3.8) is 0 Å². The zero-order chi connectivity index (χ0) is 21.6. The minimum Gasteiger partial charge on any atom is -0.493 e. The second-order valence-electron chi connectivity index (χ2n) is 7.12. The van der Waals surface area contributed by atoms with Crippen LogP contribution in [-0.4, -0.2) is 33.7 Å². The van der Waals surface area contributed by atoms with Crippen molar-refractivity contribution in [1.29, 1.82) is 0 Å². The van der Waals surface area contributed by atoms with Crippen LogP contribution in [0.25, 0.3) is 0 Å². The lowest BCUT2D eigenvalue weighted by molar-refractivity contribution is 0.354. The van der Waals surface area contributed by atoms with Gasteiger partial charge in [0.1, 0.15) is 10.7 Å². The molecule has 0 saturated carbocycles. The zero-order valence-corrected chi connectivity index (χ0v) is 18.8. The number of hydrogen-bond acceptors (Lipinski definition) is 6. The minimum atomic E-state index is -3.57. The first-order chi connectivity index (χ1) is 13.7. The minimum absolute atomic E-state index is 0.0625. The Labute approximate surface area is 173 Å². The molecule has 8 heteroatoms. The van der Waals surface area contributed by atoms with Gasteiger partial charge in [-0.05, 0) is 62.6 Å². The highest BCUT2D eigenvalue weighted by Gasteiger charge is 2.18. The van der Waals surface area contributed by atoms with Crippen LogP contribution in [0.1, 0.15) is 50.8 Å². The smallest absolute Gasteiger partial charge is 0.242 e. The molecule has 0 fully saturated rings. The Morgan fingerprint density at radius 2 is 1.76 bits per heavy atom. The fourth-order valence-electron chi connectivity index (χ4n) is 3.21. The van der Waals surface area contributed by atoms with Gasteiger partial charge in [-0.15, -0.1) is 0 Å². The van der Waals surface area contributed by atoms with Gasteiger partial charge in [0.2, 0.25) is 10.0 Å². The van der Waals surface area contributed by atoms with Crippen LogP contribution in [0, 0.1) is 6.92 Å². The van der Waals surface area contributed by atoms with E-state index in [2.05, 4.69) is 15.0 Å². The molecule has 0 spiro atoms. The van der Waals surface area contributed by atoms with E-state index in [1.165, 1.54) is 6.20 Å². The zero-order valence-electron chi connectivity index (χ0n) is 17.9. The quantitative estimate of drug-likeness (QED) is 0.602. The van der Waals surface area contributed by atoms with Crippen molar-refractivity contribution in [3.05, 3.63) is 41.6 Å². The second-order valence-corrected chi connectivity index (χ2v) is 8.83. The van der Waals surface area contributed by atoms with Gasteiger partial charge < -0.3 is 14.8 Å². The highest BCUT2D eigenvalue weighted by molar-refractivity contribution is 7.89. The third-order valence-electron chi connectivity index (χ3n) is 4.73. The van der Waals surface area contributed by atoms with Gasteiger partial charge in [-0.1, -0.05) is 13.3 Å². The maximum absolute atomic E-state index is 12.5. The van der Waals surface area contributed by atoms with Crippen LogP contribution in [0.15, 0.2) is 35.4 Å². The predicted octanol–water partition coefficient (Wildman–Crippen LogP) is 4.05. The van der Waals surface area contributed by atoms with Crippen molar-refractivity contribution < 1.29 is 17.9 Å². The Hall–Kier alpha value is -2.32. The summed E-state index contributed by atoms with van der Waals surface area (Å²) in [6, 6.07) is 6.92. The first-order valence-electron chi connectivity index (χ1n) is 9.69. The largest absolute Gasteiger partial charge is 0.493 e. The number of aryl methyl sites for hydroxylation is 1. The van der Waals surface area contributed by atoms with Gasteiger partial charge in [0.15, 0.2) is 11.5 Å². The summed E-state index contributed by atoms with van der Waals surface area (Å²) in [5.41, 5.74) is 2.09. The average Bonchev–Trinajstić information content (AvgIpc) is 2.67. The molecule has 29 heavy (non-hydrogen) atoms. The fourth-order valence-corrected chi connectivity index (χ4v) is 4.43. The average molecular weight is 422 g/mol. The van der Waals surface area contributed by atoms with Crippen molar-refractivity contribution in [1.82, 2.24) is 9.71 Å².